The third kappa shape index (κ3) is 9.87. The lowest BCUT2D eigenvalue weighted by Gasteiger charge is -2.39. The van der Waals surface area contributed by atoms with E-state index in [0.717, 1.165) is 24.8 Å². The van der Waals surface area contributed by atoms with Gasteiger partial charge >= 0.3 is 0 Å². The maximum atomic E-state index is 6.13. The van der Waals surface area contributed by atoms with Gasteiger partial charge in [-0.05, 0) is 51.2 Å². The van der Waals surface area contributed by atoms with Gasteiger partial charge < -0.3 is 14.2 Å². The highest BCUT2D eigenvalue weighted by atomic mass is 35.5. The molecule has 3 nitrogen and oxygen atoms in total. The topological polar surface area (TPSA) is 27.7 Å². The molecule has 0 heterocycles. The van der Waals surface area contributed by atoms with Crippen LogP contribution in [0.25, 0.3) is 0 Å². The molecule has 0 amide bonds. The standard InChI is InChI=1S/C25H42Cl2O3/c1-5-9-10-11-12-13-14-23(25(28-6-2,29-7-3)30-8-4)20-17-21-15-18-22(19-16-21)24(26)27/h15-16,18-19,23-24H,5-14,17,20H2,1-4H3. The Hall–Kier alpha value is -0.320. The molecule has 0 N–H and O–H groups in total. The molecule has 1 aromatic carbocycles. The highest BCUT2D eigenvalue weighted by Gasteiger charge is 2.41. The van der Waals surface area contributed by atoms with Crippen molar-refractivity contribution in [3.05, 3.63) is 35.4 Å². The van der Waals surface area contributed by atoms with Gasteiger partial charge in [-0.25, -0.2) is 0 Å². The molecule has 5 heteroatoms. The summed E-state index contributed by atoms with van der Waals surface area (Å²) in [5.41, 5.74) is 2.19. The summed E-state index contributed by atoms with van der Waals surface area (Å²) in [6.45, 7) is 9.95. The first-order valence-electron chi connectivity index (χ1n) is 11.8. The molecule has 1 atom stereocenters. The minimum Gasteiger partial charge on any atom is -0.328 e. The summed E-state index contributed by atoms with van der Waals surface area (Å²) in [7, 11) is 0. The molecule has 0 aliphatic rings. The summed E-state index contributed by atoms with van der Waals surface area (Å²) in [6.07, 6.45) is 10.6. The molecule has 0 spiro atoms. The Bertz CT molecular complexity index is 517. The normalized spacial score (nSPS) is 13.2. The molecule has 1 unspecified atom stereocenters. The van der Waals surface area contributed by atoms with Crippen LogP contribution in [0.3, 0.4) is 0 Å². The van der Waals surface area contributed by atoms with Crippen LogP contribution in [-0.4, -0.2) is 25.8 Å². The molecule has 0 fully saturated rings. The number of benzene rings is 1. The smallest absolute Gasteiger partial charge is 0.285 e. The molecule has 1 rings (SSSR count). The summed E-state index contributed by atoms with van der Waals surface area (Å²) in [5.74, 6) is -0.782. The molecule has 174 valence electrons. The Labute approximate surface area is 194 Å². The number of hydrogen-bond donors (Lipinski definition) is 0. The van der Waals surface area contributed by atoms with Gasteiger partial charge in [0.05, 0.1) is 0 Å². The first-order valence-corrected chi connectivity index (χ1v) is 12.7. The molecular weight excluding hydrogens is 419 g/mol. The number of halogens is 2. The lowest BCUT2D eigenvalue weighted by Crippen LogP contribution is -2.47. The van der Waals surface area contributed by atoms with Gasteiger partial charge in [0, 0.05) is 25.7 Å². The molecule has 0 aromatic heterocycles. The van der Waals surface area contributed by atoms with Gasteiger partial charge in [-0.3, -0.25) is 0 Å². The summed E-state index contributed by atoms with van der Waals surface area (Å²) in [4.78, 5) is -0.485. The zero-order chi connectivity index (χ0) is 22.2. The molecule has 30 heavy (non-hydrogen) atoms. The predicted molar refractivity (Wildman–Crippen MR) is 128 cm³/mol. The number of unbranched alkanes of at least 4 members (excludes halogenated alkanes) is 5. The molecule has 0 radical (unpaired) electrons. The van der Waals surface area contributed by atoms with Crippen LogP contribution in [0.4, 0.5) is 0 Å². The van der Waals surface area contributed by atoms with Crippen LogP contribution in [-0.2, 0) is 20.6 Å². The van der Waals surface area contributed by atoms with Crippen molar-refractivity contribution in [2.24, 2.45) is 5.92 Å². The maximum Gasteiger partial charge on any atom is 0.285 e. The Balaban J connectivity index is 2.85. The second-order valence-corrected chi connectivity index (χ2v) is 8.83. The lowest BCUT2D eigenvalue weighted by atomic mass is 9.91. The van der Waals surface area contributed by atoms with E-state index in [1.807, 2.05) is 32.9 Å². The second kappa shape index (κ2) is 16.3. The monoisotopic (exact) mass is 460 g/mol. The lowest BCUT2D eigenvalue weighted by molar-refractivity contribution is -0.403. The first-order chi connectivity index (χ1) is 14.5. The van der Waals surface area contributed by atoms with Crippen LogP contribution in [0.1, 0.15) is 95.0 Å². The van der Waals surface area contributed by atoms with E-state index in [0.29, 0.717) is 19.8 Å². The quantitative estimate of drug-likeness (QED) is 0.125. The van der Waals surface area contributed by atoms with Crippen molar-refractivity contribution in [2.75, 3.05) is 19.8 Å². The summed E-state index contributed by atoms with van der Waals surface area (Å²) in [6, 6.07) is 8.23. The number of alkyl halides is 2. The third-order valence-electron chi connectivity index (χ3n) is 5.46. The summed E-state index contributed by atoms with van der Waals surface area (Å²) in [5, 5.41) is 0. The van der Waals surface area contributed by atoms with Gasteiger partial charge in [0.25, 0.3) is 5.97 Å². The maximum absolute atomic E-state index is 6.13. The molecule has 0 saturated carbocycles. The van der Waals surface area contributed by atoms with E-state index >= 15 is 0 Å². The van der Waals surface area contributed by atoms with Gasteiger partial charge in [0.2, 0.25) is 0 Å². The molecule has 0 bridgehead atoms. The number of rotatable bonds is 18. The van der Waals surface area contributed by atoms with E-state index < -0.39 is 10.8 Å². The van der Waals surface area contributed by atoms with E-state index in [1.165, 1.54) is 44.1 Å². The average molecular weight is 462 g/mol. The largest absolute Gasteiger partial charge is 0.328 e. The van der Waals surface area contributed by atoms with Crippen molar-refractivity contribution < 1.29 is 14.2 Å². The van der Waals surface area contributed by atoms with E-state index in [2.05, 4.69) is 19.1 Å². The van der Waals surface area contributed by atoms with Crippen LogP contribution >= 0.6 is 23.2 Å². The minimum atomic E-state index is -0.959. The van der Waals surface area contributed by atoms with E-state index in [-0.39, 0.29) is 5.92 Å². The Morgan fingerprint density at radius 2 is 1.27 bits per heavy atom. The summed E-state index contributed by atoms with van der Waals surface area (Å²) < 4.78 is 18.4. The highest BCUT2D eigenvalue weighted by Crippen LogP contribution is 2.34. The Kier molecular flexibility index (Phi) is 15.1. The minimum absolute atomic E-state index is 0.178. The van der Waals surface area contributed by atoms with Crippen LogP contribution in [0, 0.1) is 5.92 Å². The van der Waals surface area contributed by atoms with Crippen LogP contribution in [0.2, 0.25) is 0 Å². The Morgan fingerprint density at radius 1 is 0.733 bits per heavy atom. The SMILES string of the molecule is CCCCCCCCC(CCc1ccc(C(Cl)Cl)cc1)C(OCC)(OCC)OCC. The van der Waals surface area contributed by atoms with Crippen molar-refractivity contribution in [2.45, 2.75) is 96.3 Å². The highest BCUT2D eigenvalue weighted by molar-refractivity contribution is 6.44. The van der Waals surface area contributed by atoms with E-state index in [1.54, 1.807) is 0 Å². The summed E-state index contributed by atoms with van der Waals surface area (Å²) >= 11 is 11.9. The number of aryl methyl sites for hydroxylation is 1. The van der Waals surface area contributed by atoms with Crippen molar-refractivity contribution in [3.63, 3.8) is 0 Å². The van der Waals surface area contributed by atoms with E-state index in [4.69, 9.17) is 37.4 Å². The Morgan fingerprint density at radius 3 is 1.77 bits per heavy atom. The fraction of sp³-hybridized carbons (Fsp3) is 0.760. The van der Waals surface area contributed by atoms with Gasteiger partial charge in [-0.2, -0.15) is 0 Å². The molecule has 1 aromatic rings. The molecule has 0 aliphatic carbocycles. The van der Waals surface area contributed by atoms with E-state index in [9.17, 15) is 0 Å². The molecule has 0 saturated heterocycles. The first kappa shape index (κ1) is 27.7. The fourth-order valence-corrected chi connectivity index (χ4v) is 4.21. The zero-order valence-electron chi connectivity index (χ0n) is 19.4. The number of hydrogen-bond acceptors (Lipinski definition) is 3. The molecular formula is C25H42Cl2O3. The van der Waals surface area contributed by atoms with Crippen molar-refractivity contribution in [3.8, 4) is 0 Å². The van der Waals surface area contributed by atoms with Crippen molar-refractivity contribution in [1.82, 2.24) is 0 Å². The second-order valence-electron chi connectivity index (χ2n) is 7.74. The van der Waals surface area contributed by atoms with Crippen molar-refractivity contribution in [1.29, 1.82) is 0 Å². The van der Waals surface area contributed by atoms with Crippen LogP contribution < -0.4 is 0 Å². The fourth-order valence-electron chi connectivity index (χ4n) is 3.92. The van der Waals surface area contributed by atoms with Gasteiger partial charge in [0.1, 0.15) is 4.84 Å². The predicted octanol–water partition coefficient (Wildman–Crippen LogP) is 8.23. The third-order valence-corrected chi connectivity index (χ3v) is 5.96. The van der Waals surface area contributed by atoms with Gasteiger partial charge in [-0.15, -0.1) is 23.2 Å². The zero-order valence-corrected chi connectivity index (χ0v) is 20.9. The van der Waals surface area contributed by atoms with Crippen LogP contribution in [0.15, 0.2) is 24.3 Å². The van der Waals surface area contributed by atoms with Gasteiger partial charge in [-0.1, -0.05) is 69.7 Å². The van der Waals surface area contributed by atoms with Gasteiger partial charge in [0.15, 0.2) is 0 Å². The molecule has 0 aliphatic heterocycles. The number of ether oxygens (including phenoxy) is 3. The van der Waals surface area contributed by atoms with Crippen LogP contribution in [0.5, 0.6) is 0 Å². The average Bonchev–Trinajstić information content (AvgIpc) is 2.73. The van der Waals surface area contributed by atoms with Crippen molar-refractivity contribution >= 4 is 23.2 Å².